The summed E-state index contributed by atoms with van der Waals surface area (Å²) >= 11 is 0. The van der Waals surface area contributed by atoms with E-state index in [9.17, 15) is 19.1 Å². The minimum absolute atomic E-state index is 0.0640. The molecule has 114 valence electrons. The van der Waals surface area contributed by atoms with Gasteiger partial charge in [0.2, 0.25) is 0 Å². The van der Waals surface area contributed by atoms with Crippen molar-refractivity contribution >= 4 is 11.9 Å². The SMILES string of the molecule is COCC1(C(=O)O)CCN(C(=O)c2ccc(F)c(C)c2)C1. The van der Waals surface area contributed by atoms with Gasteiger partial charge in [-0.25, -0.2) is 4.39 Å². The summed E-state index contributed by atoms with van der Waals surface area (Å²) in [4.78, 5) is 25.3. The fraction of sp³-hybridized carbons (Fsp3) is 0.467. The second kappa shape index (κ2) is 5.81. The molecule has 2 rings (SSSR count). The van der Waals surface area contributed by atoms with Gasteiger partial charge in [0.25, 0.3) is 5.91 Å². The van der Waals surface area contributed by atoms with E-state index in [0.717, 1.165) is 0 Å². The highest BCUT2D eigenvalue weighted by atomic mass is 19.1. The third-order valence-electron chi connectivity index (χ3n) is 3.92. The van der Waals surface area contributed by atoms with Crippen molar-refractivity contribution in [1.82, 2.24) is 4.90 Å². The molecule has 1 aromatic rings. The number of carbonyl (C=O) groups excluding carboxylic acids is 1. The Kier molecular flexibility index (Phi) is 4.27. The van der Waals surface area contributed by atoms with Gasteiger partial charge in [0.15, 0.2) is 0 Å². The Bertz CT molecular complexity index is 575. The van der Waals surface area contributed by atoms with E-state index in [1.165, 1.54) is 30.2 Å². The number of carboxylic acid groups (broad SMARTS) is 1. The number of methoxy groups -OCH3 is 1. The van der Waals surface area contributed by atoms with Crippen LogP contribution < -0.4 is 0 Å². The fourth-order valence-electron chi connectivity index (χ4n) is 2.64. The number of carboxylic acids is 1. The lowest BCUT2D eigenvalue weighted by atomic mass is 9.88. The molecule has 1 aliphatic heterocycles. The highest BCUT2D eigenvalue weighted by Crippen LogP contribution is 2.32. The number of amides is 1. The van der Waals surface area contributed by atoms with E-state index in [-0.39, 0.29) is 24.9 Å². The Morgan fingerprint density at radius 2 is 2.19 bits per heavy atom. The van der Waals surface area contributed by atoms with Gasteiger partial charge in [0.1, 0.15) is 11.2 Å². The Morgan fingerprint density at radius 3 is 2.76 bits per heavy atom. The van der Waals surface area contributed by atoms with Crippen molar-refractivity contribution in [3.63, 3.8) is 0 Å². The number of hydrogen-bond acceptors (Lipinski definition) is 3. The molecule has 1 aliphatic rings. The number of hydrogen-bond donors (Lipinski definition) is 1. The number of halogens is 1. The number of carbonyl (C=O) groups is 2. The molecule has 1 amide bonds. The normalized spacial score (nSPS) is 21.6. The van der Waals surface area contributed by atoms with Crippen LogP contribution in [0.4, 0.5) is 4.39 Å². The molecule has 0 aliphatic carbocycles. The van der Waals surface area contributed by atoms with E-state index in [4.69, 9.17) is 4.74 Å². The highest BCUT2D eigenvalue weighted by Gasteiger charge is 2.46. The summed E-state index contributed by atoms with van der Waals surface area (Å²) < 4.78 is 18.2. The lowest BCUT2D eigenvalue weighted by Gasteiger charge is -2.23. The summed E-state index contributed by atoms with van der Waals surface area (Å²) in [5.74, 6) is -1.61. The molecule has 1 N–H and O–H groups in total. The largest absolute Gasteiger partial charge is 0.481 e. The Balaban J connectivity index is 2.18. The zero-order valence-electron chi connectivity index (χ0n) is 12.1. The molecule has 1 fully saturated rings. The van der Waals surface area contributed by atoms with Gasteiger partial charge < -0.3 is 14.7 Å². The van der Waals surface area contributed by atoms with Crippen LogP contribution in [0.2, 0.25) is 0 Å². The second-order valence-electron chi connectivity index (χ2n) is 5.46. The molecule has 0 spiro atoms. The van der Waals surface area contributed by atoms with Crippen LogP contribution in [0.3, 0.4) is 0 Å². The zero-order chi connectivity index (χ0) is 15.6. The van der Waals surface area contributed by atoms with Gasteiger partial charge in [-0.2, -0.15) is 0 Å². The lowest BCUT2D eigenvalue weighted by Crippen LogP contribution is -2.40. The quantitative estimate of drug-likeness (QED) is 0.918. The zero-order valence-corrected chi connectivity index (χ0v) is 12.1. The molecule has 1 atom stereocenters. The van der Waals surface area contributed by atoms with Gasteiger partial charge in [-0.1, -0.05) is 0 Å². The monoisotopic (exact) mass is 295 g/mol. The van der Waals surface area contributed by atoms with Crippen molar-refractivity contribution in [2.45, 2.75) is 13.3 Å². The average Bonchev–Trinajstić information content (AvgIpc) is 2.87. The smallest absolute Gasteiger partial charge is 0.313 e. The summed E-state index contributed by atoms with van der Waals surface area (Å²) in [6.07, 6.45) is 0.349. The predicted molar refractivity (Wildman–Crippen MR) is 73.6 cm³/mol. The van der Waals surface area contributed by atoms with Crippen LogP contribution in [0.1, 0.15) is 22.3 Å². The number of aliphatic carboxylic acids is 1. The lowest BCUT2D eigenvalue weighted by molar-refractivity contribution is -0.151. The van der Waals surface area contributed by atoms with Gasteiger partial charge >= 0.3 is 5.97 Å². The van der Waals surface area contributed by atoms with Crippen molar-refractivity contribution < 1.29 is 23.8 Å². The molecule has 0 saturated carbocycles. The van der Waals surface area contributed by atoms with E-state index in [1.807, 2.05) is 0 Å². The van der Waals surface area contributed by atoms with E-state index >= 15 is 0 Å². The maximum atomic E-state index is 13.2. The van der Waals surface area contributed by atoms with Crippen molar-refractivity contribution in [3.05, 3.63) is 35.1 Å². The van der Waals surface area contributed by atoms with Crippen LogP contribution in [0.15, 0.2) is 18.2 Å². The first-order valence-corrected chi connectivity index (χ1v) is 6.67. The van der Waals surface area contributed by atoms with Gasteiger partial charge in [-0.3, -0.25) is 9.59 Å². The number of ether oxygens (including phenoxy) is 1. The maximum Gasteiger partial charge on any atom is 0.313 e. The van der Waals surface area contributed by atoms with Crippen molar-refractivity contribution in [1.29, 1.82) is 0 Å². The molecule has 0 bridgehead atoms. The fourth-order valence-corrected chi connectivity index (χ4v) is 2.64. The molecule has 1 unspecified atom stereocenters. The number of rotatable bonds is 4. The van der Waals surface area contributed by atoms with Crippen LogP contribution in [-0.4, -0.2) is 48.7 Å². The van der Waals surface area contributed by atoms with Crippen LogP contribution >= 0.6 is 0 Å². The molecule has 1 heterocycles. The Labute approximate surface area is 122 Å². The van der Waals surface area contributed by atoms with Crippen molar-refractivity contribution in [2.75, 3.05) is 26.8 Å². The number of nitrogens with zero attached hydrogens (tertiary/aromatic N) is 1. The summed E-state index contributed by atoms with van der Waals surface area (Å²) in [7, 11) is 1.44. The van der Waals surface area contributed by atoms with Crippen LogP contribution in [0.5, 0.6) is 0 Å². The average molecular weight is 295 g/mol. The van der Waals surface area contributed by atoms with E-state index in [2.05, 4.69) is 0 Å². The van der Waals surface area contributed by atoms with E-state index in [1.54, 1.807) is 6.92 Å². The number of benzene rings is 1. The summed E-state index contributed by atoms with van der Waals surface area (Å²) in [6.45, 7) is 2.10. The van der Waals surface area contributed by atoms with Crippen LogP contribution in [-0.2, 0) is 9.53 Å². The first kappa shape index (κ1) is 15.4. The van der Waals surface area contributed by atoms with Gasteiger partial charge in [0, 0.05) is 25.8 Å². The molecular formula is C15H18FNO4. The minimum Gasteiger partial charge on any atom is -0.481 e. The molecule has 21 heavy (non-hydrogen) atoms. The molecule has 0 radical (unpaired) electrons. The molecule has 6 heteroatoms. The third-order valence-corrected chi connectivity index (χ3v) is 3.92. The van der Waals surface area contributed by atoms with Crippen LogP contribution in [0.25, 0.3) is 0 Å². The van der Waals surface area contributed by atoms with E-state index in [0.29, 0.717) is 24.1 Å². The minimum atomic E-state index is -1.06. The maximum absolute atomic E-state index is 13.2. The van der Waals surface area contributed by atoms with Gasteiger partial charge in [-0.05, 0) is 37.1 Å². The topological polar surface area (TPSA) is 66.8 Å². The van der Waals surface area contributed by atoms with Crippen molar-refractivity contribution in [2.24, 2.45) is 5.41 Å². The Morgan fingerprint density at radius 1 is 1.48 bits per heavy atom. The third kappa shape index (κ3) is 2.90. The summed E-state index contributed by atoms with van der Waals surface area (Å²) in [5.41, 5.74) is -0.298. The summed E-state index contributed by atoms with van der Waals surface area (Å²) in [6, 6.07) is 4.15. The number of aryl methyl sites for hydroxylation is 1. The molecule has 1 saturated heterocycles. The number of likely N-dealkylation sites (tertiary alicyclic amines) is 1. The predicted octanol–water partition coefficient (Wildman–Crippen LogP) is 1.70. The van der Waals surface area contributed by atoms with Crippen molar-refractivity contribution in [3.8, 4) is 0 Å². The standard InChI is InChI=1S/C15H18FNO4/c1-10-7-11(3-4-12(10)16)13(18)17-6-5-15(8-17,9-21-2)14(19)20/h3-4,7H,5-6,8-9H2,1-2H3,(H,19,20). The summed E-state index contributed by atoms with van der Waals surface area (Å²) in [5, 5.41) is 9.38. The van der Waals surface area contributed by atoms with E-state index < -0.39 is 11.4 Å². The first-order chi connectivity index (χ1) is 9.89. The van der Waals surface area contributed by atoms with Gasteiger partial charge in [0.05, 0.1) is 6.61 Å². The first-order valence-electron chi connectivity index (χ1n) is 6.67. The Hall–Kier alpha value is -1.95. The van der Waals surface area contributed by atoms with Crippen LogP contribution in [0, 0.1) is 18.2 Å². The second-order valence-corrected chi connectivity index (χ2v) is 5.46. The highest BCUT2D eigenvalue weighted by molar-refractivity contribution is 5.95. The molecule has 0 aromatic heterocycles. The molecular weight excluding hydrogens is 277 g/mol. The molecule has 1 aromatic carbocycles. The van der Waals surface area contributed by atoms with Gasteiger partial charge in [-0.15, -0.1) is 0 Å². The molecule has 5 nitrogen and oxygen atoms in total.